The Kier molecular flexibility index (Phi) is 5.97. The number of pyridine rings is 1. The van der Waals surface area contributed by atoms with Gasteiger partial charge in [-0.05, 0) is 67.8 Å². The summed E-state index contributed by atoms with van der Waals surface area (Å²) in [7, 11) is 0. The van der Waals surface area contributed by atoms with Gasteiger partial charge < -0.3 is 4.90 Å². The quantitative estimate of drug-likeness (QED) is 0.783. The van der Waals surface area contributed by atoms with Crippen molar-refractivity contribution in [1.29, 1.82) is 0 Å². The lowest BCUT2D eigenvalue weighted by atomic mass is 9.83. The number of hydrogen-bond donors (Lipinski definition) is 0. The highest BCUT2D eigenvalue weighted by Gasteiger charge is 2.32. The van der Waals surface area contributed by atoms with E-state index in [-0.39, 0.29) is 0 Å². The van der Waals surface area contributed by atoms with E-state index in [0.29, 0.717) is 0 Å². The van der Waals surface area contributed by atoms with Crippen molar-refractivity contribution in [2.75, 3.05) is 31.1 Å². The van der Waals surface area contributed by atoms with Crippen LogP contribution in [0.5, 0.6) is 0 Å². The minimum Gasteiger partial charge on any atom is -0.341 e. The average molecular weight is 366 g/mol. The van der Waals surface area contributed by atoms with Crippen LogP contribution in [0.2, 0.25) is 0 Å². The van der Waals surface area contributed by atoms with Crippen LogP contribution in [-0.4, -0.2) is 46.0 Å². The smallest absolute Gasteiger partial charge is 0.225 e. The summed E-state index contributed by atoms with van der Waals surface area (Å²) >= 11 is 0. The van der Waals surface area contributed by atoms with Crippen LogP contribution < -0.4 is 4.90 Å². The molecule has 0 saturated carbocycles. The van der Waals surface area contributed by atoms with Crippen molar-refractivity contribution in [3.8, 4) is 0 Å². The molecule has 0 aliphatic carbocycles. The second-order valence-corrected chi connectivity index (χ2v) is 8.11. The first kappa shape index (κ1) is 18.4. The number of rotatable bonds is 6. The van der Waals surface area contributed by atoms with Gasteiger partial charge in [0.25, 0.3) is 0 Å². The predicted octanol–water partition coefficient (Wildman–Crippen LogP) is 3.56. The van der Waals surface area contributed by atoms with Crippen molar-refractivity contribution in [1.82, 2.24) is 19.9 Å². The van der Waals surface area contributed by atoms with Gasteiger partial charge >= 0.3 is 0 Å². The molecule has 4 heterocycles. The van der Waals surface area contributed by atoms with Crippen molar-refractivity contribution >= 4 is 5.95 Å². The summed E-state index contributed by atoms with van der Waals surface area (Å²) in [5.74, 6) is 2.57. The molecule has 2 saturated heterocycles. The van der Waals surface area contributed by atoms with E-state index in [1.807, 2.05) is 30.9 Å². The Labute approximate surface area is 162 Å². The summed E-state index contributed by atoms with van der Waals surface area (Å²) in [6, 6.07) is 4.21. The predicted molar refractivity (Wildman–Crippen MR) is 109 cm³/mol. The molecular formula is C22H31N5. The second-order valence-electron chi connectivity index (χ2n) is 8.11. The first-order valence-corrected chi connectivity index (χ1v) is 10.5. The van der Waals surface area contributed by atoms with Crippen LogP contribution in [-0.2, 0) is 13.0 Å². The lowest BCUT2D eigenvalue weighted by Crippen LogP contribution is -2.36. The van der Waals surface area contributed by atoms with Crippen molar-refractivity contribution in [3.63, 3.8) is 0 Å². The van der Waals surface area contributed by atoms with E-state index >= 15 is 0 Å². The zero-order chi connectivity index (χ0) is 18.5. The van der Waals surface area contributed by atoms with E-state index in [0.717, 1.165) is 50.3 Å². The van der Waals surface area contributed by atoms with Crippen molar-refractivity contribution < 1.29 is 0 Å². The normalized spacial score (nSPS) is 21.7. The summed E-state index contributed by atoms with van der Waals surface area (Å²) in [5.41, 5.74) is 2.57. The Bertz CT molecular complexity index is 694. The van der Waals surface area contributed by atoms with E-state index in [1.54, 1.807) is 0 Å². The third-order valence-electron chi connectivity index (χ3n) is 6.17. The Morgan fingerprint density at radius 2 is 1.74 bits per heavy atom. The van der Waals surface area contributed by atoms with Gasteiger partial charge in [0.15, 0.2) is 0 Å². The van der Waals surface area contributed by atoms with Gasteiger partial charge in [0, 0.05) is 44.4 Å². The zero-order valence-corrected chi connectivity index (χ0v) is 16.4. The van der Waals surface area contributed by atoms with Gasteiger partial charge in [0.05, 0.1) is 0 Å². The van der Waals surface area contributed by atoms with E-state index in [1.165, 1.54) is 43.5 Å². The minimum atomic E-state index is 0.796. The minimum absolute atomic E-state index is 0.796. The van der Waals surface area contributed by atoms with Crippen LogP contribution >= 0.6 is 0 Å². The van der Waals surface area contributed by atoms with Gasteiger partial charge in [-0.2, -0.15) is 0 Å². The molecule has 2 aliphatic rings. The molecule has 2 aromatic heterocycles. The molecule has 1 unspecified atom stereocenters. The SMILES string of the molecule is CCCc1cnc(N2CCC(C3CCN(Cc4cccnc4)CC3)C2)nc1. The van der Waals surface area contributed by atoms with E-state index < -0.39 is 0 Å². The fourth-order valence-corrected chi connectivity index (χ4v) is 4.62. The molecular weight excluding hydrogens is 334 g/mol. The fraction of sp³-hybridized carbons (Fsp3) is 0.591. The third-order valence-corrected chi connectivity index (χ3v) is 6.17. The molecule has 144 valence electrons. The lowest BCUT2D eigenvalue weighted by Gasteiger charge is -2.34. The van der Waals surface area contributed by atoms with Crippen LogP contribution in [0.25, 0.3) is 0 Å². The van der Waals surface area contributed by atoms with Gasteiger partial charge in [-0.1, -0.05) is 19.4 Å². The Morgan fingerprint density at radius 1 is 0.963 bits per heavy atom. The second kappa shape index (κ2) is 8.79. The largest absolute Gasteiger partial charge is 0.341 e. The molecule has 0 spiro atoms. The van der Waals surface area contributed by atoms with Gasteiger partial charge in [-0.25, -0.2) is 9.97 Å². The molecule has 2 fully saturated rings. The highest BCUT2D eigenvalue weighted by atomic mass is 15.3. The monoisotopic (exact) mass is 365 g/mol. The summed E-state index contributed by atoms with van der Waals surface area (Å²) in [4.78, 5) is 18.4. The molecule has 1 atom stereocenters. The number of likely N-dealkylation sites (tertiary alicyclic amines) is 1. The number of piperidine rings is 1. The molecule has 0 radical (unpaired) electrons. The molecule has 2 aromatic rings. The lowest BCUT2D eigenvalue weighted by molar-refractivity contribution is 0.147. The van der Waals surface area contributed by atoms with Gasteiger partial charge in [-0.3, -0.25) is 9.88 Å². The standard InChI is InChI=1S/C22H31N5/c1-2-4-18-14-24-22(25-15-18)27-12-8-21(17-27)20-6-10-26(11-7-20)16-19-5-3-9-23-13-19/h3,5,9,13-15,20-21H,2,4,6-8,10-12,16-17H2,1H3. The molecule has 5 heteroatoms. The Morgan fingerprint density at radius 3 is 2.44 bits per heavy atom. The molecule has 0 amide bonds. The molecule has 0 aromatic carbocycles. The van der Waals surface area contributed by atoms with Crippen molar-refractivity contribution in [3.05, 3.63) is 48.0 Å². The van der Waals surface area contributed by atoms with Crippen LogP contribution in [0.15, 0.2) is 36.9 Å². The van der Waals surface area contributed by atoms with Crippen molar-refractivity contribution in [2.24, 2.45) is 11.8 Å². The van der Waals surface area contributed by atoms with Crippen LogP contribution in [0.1, 0.15) is 43.7 Å². The van der Waals surface area contributed by atoms with Crippen LogP contribution in [0.4, 0.5) is 5.95 Å². The zero-order valence-electron chi connectivity index (χ0n) is 16.4. The van der Waals surface area contributed by atoms with Gasteiger partial charge in [0.2, 0.25) is 5.95 Å². The van der Waals surface area contributed by atoms with E-state index in [2.05, 4.69) is 37.7 Å². The average Bonchev–Trinajstić information content (AvgIpc) is 3.20. The summed E-state index contributed by atoms with van der Waals surface area (Å²) < 4.78 is 0. The molecule has 0 bridgehead atoms. The third kappa shape index (κ3) is 4.64. The summed E-state index contributed by atoms with van der Waals surface area (Å²) in [6.07, 6.45) is 14.0. The molecule has 5 nitrogen and oxygen atoms in total. The number of nitrogens with zero attached hydrogens (tertiary/aromatic N) is 5. The van der Waals surface area contributed by atoms with Crippen molar-refractivity contribution in [2.45, 2.75) is 45.6 Å². The van der Waals surface area contributed by atoms with Crippen LogP contribution in [0, 0.1) is 11.8 Å². The highest BCUT2D eigenvalue weighted by Crippen LogP contribution is 2.33. The molecule has 2 aliphatic heterocycles. The highest BCUT2D eigenvalue weighted by molar-refractivity contribution is 5.31. The number of aromatic nitrogens is 3. The summed E-state index contributed by atoms with van der Waals surface area (Å²) in [5, 5.41) is 0. The van der Waals surface area contributed by atoms with Crippen LogP contribution in [0.3, 0.4) is 0 Å². The van der Waals surface area contributed by atoms with Gasteiger partial charge in [0.1, 0.15) is 0 Å². The maximum atomic E-state index is 4.62. The maximum absolute atomic E-state index is 4.62. The first-order valence-electron chi connectivity index (χ1n) is 10.5. The summed E-state index contributed by atoms with van der Waals surface area (Å²) in [6.45, 7) is 7.88. The van der Waals surface area contributed by atoms with E-state index in [9.17, 15) is 0 Å². The maximum Gasteiger partial charge on any atom is 0.225 e. The Balaban J connectivity index is 1.26. The molecule has 27 heavy (non-hydrogen) atoms. The molecule has 4 rings (SSSR count). The number of hydrogen-bond acceptors (Lipinski definition) is 5. The fourth-order valence-electron chi connectivity index (χ4n) is 4.62. The topological polar surface area (TPSA) is 45.2 Å². The van der Waals surface area contributed by atoms with Gasteiger partial charge in [-0.15, -0.1) is 0 Å². The Hall–Kier alpha value is -2.01. The number of aryl methyl sites for hydroxylation is 1. The van der Waals surface area contributed by atoms with E-state index in [4.69, 9.17) is 0 Å². The number of anilines is 1. The molecule has 0 N–H and O–H groups in total. The first-order chi connectivity index (χ1) is 13.3.